The molecule has 0 saturated heterocycles. The van der Waals surface area contributed by atoms with E-state index >= 15 is 0 Å². The fourth-order valence-electron chi connectivity index (χ4n) is 1.94. The van der Waals surface area contributed by atoms with Gasteiger partial charge in [-0.2, -0.15) is 0 Å². The molecule has 2 aromatic rings. The van der Waals surface area contributed by atoms with Crippen LogP contribution in [0, 0.1) is 6.92 Å². The molecule has 1 amide bonds. The third-order valence-electron chi connectivity index (χ3n) is 3.27. The minimum Gasteiger partial charge on any atom is -0.493 e. The van der Waals surface area contributed by atoms with Crippen LogP contribution in [-0.4, -0.2) is 19.1 Å². The molecule has 2 rings (SSSR count). The molecule has 4 nitrogen and oxygen atoms in total. The summed E-state index contributed by atoms with van der Waals surface area (Å²) in [5.74, 6) is 0.854. The van der Waals surface area contributed by atoms with Crippen LogP contribution >= 0.6 is 11.6 Å². The van der Waals surface area contributed by atoms with Crippen LogP contribution in [-0.2, 0) is 4.79 Å². The van der Waals surface area contributed by atoms with Gasteiger partial charge >= 0.3 is 0 Å². The van der Waals surface area contributed by atoms with Crippen LogP contribution in [0.4, 0.5) is 5.69 Å². The number of ether oxygens (including phenoxy) is 2. The lowest BCUT2D eigenvalue weighted by atomic mass is 10.2. The van der Waals surface area contributed by atoms with E-state index in [0.717, 1.165) is 5.56 Å². The van der Waals surface area contributed by atoms with Crippen molar-refractivity contribution in [2.75, 3.05) is 12.4 Å². The minimum absolute atomic E-state index is 0.253. The Morgan fingerprint density at radius 2 is 1.82 bits per heavy atom. The summed E-state index contributed by atoms with van der Waals surface area (Å²) in [5.41, 5.74) is 1.50. The summed E-state index contributed by atoms with van der Waals surface area (Å²) in [7, 11) is 1.56. The van der Waals surface area contributed by atoms with Gasteiger partial charge in [-0.3, -0.25) is 4.79 Å². The first-order chi connectivity index (χ1) is 10.5. The Bertz CT molecular complexity index is 673. The lowest BCUT2D eigenvalue weighted by molar-refractivity contribution is -0.122. The molecule has 0 unspecified atom stereocenters. The lowest BCUT2D eigenvalue weighted by Gasteiger charge is -2.17. The lowest BCUT2D eigenvalue weighted by Crippen LogP contribution is -2.30. The smallest absolute Gasteiger partial charge is 0.265 e. The van der Waals surface area contributed by atoms with E-state index in [4.69, 9.17) is 21.1 Å². The fourth-order valence-corrected chi connectivity index (χ4v) is 2.11. The SMILES string of the molecule is COc1ccccc1O[C@H](C)C(=O)Nc1cccc(Cl)c1C. The van der Waals surface area contributed by atoms with Crippen molar-refractivity contribution in [2.45, 2.75) is 20.0 Å². The highest BCUT2D eigenvalue weighted by molar-refractivity contribution is 6.31. The van der Waals surface area contributed by atoms with Crippen molar-refractivity contribution in [3.63, 3.8) is 0 Å². The summed E-state index contributed by atoms with van der Waals surface area (Å²) in [5, 5.41) is 3.43. The first-order valence-electron chi connectivity index (χ1n) is 6.88. The largest absolute Gasteiger partial charge is 0.493 e. The Balaban J connectivity index is 2.08. The van der Waals surface area contributed by atoms with Gasteiger partial charge in [-0.25, -0.2) is 0 Å². The molecule has 22 heavy (non-hydrogen) atoms. The molecule has 2 aromatic carbocycles. The van der Waals surface area contributed by atoms with E-state index in [1.54, 1.807) is 44.4 Å². The molecule has 0 fully saturated rings. The summed E-state index contributed by atoms with van der Waals surface area (Å²) in [6.07, 6.45) is -0.672. The normalized spacial score (nSPS) is 11.6. The summed E-state index contributed by atoms with van der Waals surface area (Å²) < 4.78 is 10.9. The van der Waals surface area contributed by atoms with Crippen LogP contribution in [0.5, 0.6) is 11.5 Å². The molecule has 1 atom stereocenters. The molecule has 0 aromatic heterocycles. The van der Waals surface area contributed by atoms with Gasteiger partial charge in [0.25, 0.3) is 5.91 Å². The molecule has 116 valence electrons. The van der Waals surface area contributed by atoms with Crippen LogP contribution in [0.15, 0.2) is 42.5 Å². The van der Waals surface area contributed by atoms with Crippen molar-refractivity contribution in [1.29, 1.82) is 0 Å². The van der Waals surface area contributed by atoms with Gasteiger partial charge < -0.3 is 14.8 Å². The van der Waals surface area contributed by atoms with E-state index in [1.165, 1.54) is 0 Å². The second-order valence-electron chi connectivity index (χ2n) is 4.81. The Labute approximate surface area is 135 Å². The van der Waals surface area contributed by atoms with Gasteiger partial charge in [0.2, 0.25) is 0 Å². The third kappa shape index (κ3) is 3.71. The second-order valence-corrected chi connectivity index (χ2v) is 5.22. The summed E-state index contributed by atoms with van der Waals surface area (Å²) in [6.45, 7) is 3.53. The maximum absolute atomic E-state index is 12.3. The Kier molecular flexibility index (Phi) is 5.28. The van der Waals surface area contributed by atoms with E-state index in [1.807, 2.05) is 19.1 Å². The standard InChI is InChI=1S/C17H18ClNO3/c1-11-13(18)7-6-8-14(11)19-17(20)12(2)22-16-10-5-4-9-15(16)21-3/h4-10,12H,1-3H3,(H,19,20)/t12-/m1/s1. The predicted octanol–water partition coefficient (Wildman–Crippen LogP) is 4.06. The highest BCUT2D eigenvalue weighted by Crippen LogP contribution is 2.27. The van der Waals surface area contributed by atoms with Crippen LogP contribution in [0.2, 0.25) is 5.02 Å². The maximum atomic E-state index is 12.3. The van der Waals surface area contributed by atoms with Crippen LogP contribution in [0.1, 0.15) is 12.5 Å². The molecule has 5 heteroatoms. The molecule has 0 aliphatic carbocycles. The van der Waals surface area contributed by atoms with Crippen molar-refractivity contribution in [3.05, 3.63) is 53.1 Å². The Hall–Kier alpha value is -2.20. The fraction of sp³-hybridized carbons (Fsp3) is 0.235. The highest BCUT2D eigenvalue weighted by atomic mass is 35.5. The molecule has 0 aliphatic rings. The number of para-hydroxylation sites is 2. The van der Waals surface area contributed by atoms with Gasteiger partial charge in [-0.05, 0) is 43.7 Å². The number of hydrogen-bond acceptors (Lipinski definition) is 3. The molecule has 0 radical (unpaired) electrons. The van der Waals surface area contributed by atoms with Gasteiger partial charge in [0.1, 0.15) is 0 Å². The predicted molar refractivity (Wildman–Crippen MR) is 87.9 cm³/mol. The Morgan fingerprint density at radius 1 is 1.14 bits per heavy atom. The summed E-state index contributed by atoms with van der Waals surface area (Å²) in [4.78, 5) is 12.3. The molecule has 0 aliphatic heterocycles. The zero-order valence-electron chi connectivity index (χ0n) is 12.7. The molecular weight excluding hydrogens is 302 g/mol. The van der Waals surface area contributed by atoms with Gasteiger partial charge in [-0.15, -0.1) is 0 Å². The Morgan fingerprint density at radius 3 is 2.50 bits per heavy atom. The number of rotatable bonds is 5. The second kappa shape index (κ2) is 7.18. The van der Waals surface area contributed by atoms with E-state index in [9.17, 15) is 4.79 Å². The number of benzene rings is 2. The van der Waals surface area contributed by atoms with Gasteiger partial charge in [0.05, 0.1) is 7.11 Å². The number of halogens is 1. The van der Waals surface area contributed by atoms with E-state index in [2.05, 4.69) is 5.32 Å². The maximum Gasteiger partial charge on any atom is 0.265 e. The first kappa shape index (κ1) is 16.2. The van der Waals surface area contributed by atoms with Crippen LogP contribution in [0.25, 0.3) is 0 Å². The van der Waals surface area contributed by atoms with E-state index in [-0.39, 0.29) is 5.91 Å². The van der Waals surface area contributed by atoms with Crippen molar-refractivity contribution < 1.29 is 14.3 Å². The molecular formula is C17H18ClNO3. The number of carbonyl (C=O) groups is 1. The van der Waals surface area contributed by atoms with Crippen molar-refractivity contribution in [3.8, 4) is 11.5 Å². The molecule has 0 heterocycles. The zero-order chi connectivity index (χ0) is 16.1. The van der Waals surface area contributed by atoms with E-state index in [0.29, 0.717) is 22.2 Å². The van der Waals surface area contributed by atoms with E-state index < -0.39 is 6.10 Å². The summed E-state index contributed by atoms with van der Waals surface area (Å²) in [6, 6.07) is 12.6. The average Bonchev–Trinajstić information content (AvgIpc) is 2.52. The molecule has 0 spiro atoms. The quantitative estimate of drug-likeness (QED) is 0.904. The topological polar surface area (TPSA) is 47.6 Å². The number of nitrogens with one attached hydrogen (secondary N) is 1. The van der Waals surface area contributed by atoms with Crippen molar-refractivity contribution in [2.24, 2.45) is 0 Å². The number of methoxy groups -OCH3 is 1. The van der Waals surface area contributed by atoms with Crippen molar-refractivity contribution >= 4 is 23.2 Å². The van der Waals surface area contributed by atoms with Gasteiger partial charge in [-0.1, -0.05) is 29.8 Å². The van der Waals surface area contributed by atoms with Crippen molar-refractivity contribution in [1.82, 2.24) is 0 Å². The molecule has 0 bridgehead atoms. The zero-order valence-corrected chi connectivity index (χ0v) is 13.5. The van der Waals surface area contributed by atoms with Crippen LogP contribution in [0.3, 0.4) is 0 Å². The number of anilines is 1. The summed E-state index contributed by atoms with van der Waals surface area (Å²) >= 11 is 6.05. The van der Waals surface area contributed by atoms with Gasteiger partial charge in [0.15, 0.2) is 17.6 Å². The highest BCUT2D eigenvalue weighted by Gasteiger charge is 2.17. The number of carbonyl (C=O) groups excluding carboxylic acids is 1. The average molecular weight is 320 g/mol. The molecule has 0 saturated carbocycles. The van der Waals surface area contributed by atoms with Crippen LogP contribution < -0.4 is 14.8 Å². The monoisotopic (exact) mass is 319 g/mol. The first-order valence-corrected chi connectivity index (χ1v) is 7.26. The van der Waals surface area contributed by atoms with Gasteiger partial charge in [0, 0.05) is 10.7 Å². The minimum atomic E-state index is -0.672. The number of hydrogen-bond donors (Lipinski definition) is 1. The molecule has 1 N–H and O–H groups in total. The number of amides is 1. The third-order valence-corrected chi connectivity index (χ3v) is 3.68.